The fourth-order valence-corrected chi connectivity index (χ4v) is 1.51. The average Bonchev–Trinajstić information content (AvgIpc) is 2.29. The Morgan fingerprint density at radius 2 is 1.76 bits per heavy atom. The Hall–Kier alpha value is -1.84. The van der Waals surface area contributed by atoms with Crippen LogP contribution < -0.4 is 0 Å². The predicted molar refractivity (Wildman–Crippen MR) is 59.4 cm³/mol. The molecule has 2 rings (SSSR count). The van der Waals surface area contributed by atoms with Gasteiger partial charge in [-0.05, 0) is 30.7 Å². The summed E-state index contributed by atoms with van der Waals surface area (Å²) < 4.78 is 37.6. The molecular formula is C13H10F3N. The van der Waals surface area contributed by atoms with E-state index in [0.29, 0.717) is 11.1 Å². The lowest BCUT2D eigenvalue weighted by molar-refractivity contribution is -0.137. The quantitative estimate of drug-likeness (QED) is 0.728. The van der Waals surface area contributed by atoms with Gasteiger partial charge in [0.25, 0.3) is 0 Å². The van der Waals surface area contributed by atoms with E-state index in [9.17, 15) is 13.2 Å². The molecule has 0 N–H and O–H groups in total. The minimum atomic E-state index is -4.31. The van der Waals surface area contributed by atoms with E-state index in [-0.39, 0.29) is 0 Å². The minimum absolute atomic E-state index is 0.521. The van der Waals surface area contributed by atoms with Gasteiger partial charge in [-0.15, -0.1) is 0 Å². The lowest BCUT2D eigenvalue weighted by Gasteiger charge is -2.08. The Kier molecular flexibility index (Phi) is 2.88. The summed E-state index contributed by atoms with van der Waals surface area (Å²) in [5.74, 6) is 0. The van der Waals surface area contributed by atoms with Crippen LogP contribution in [-0.4, -0.2) is 4.98 Å². The van der Waals surface area contributed by atoms with Crippen LogP contribution in [0.1, 0.15) is 11.3 Å². The topological polar surface area (TPSA) is 12.9 Å². The number of pyridine rings is 1. The Balaban J connectivity index is 2.43. The number of rotatable bonds is 1. The van der Waals surface area contributed by atoms with Crippen molar-refractivity contribution in [3.63, 3.8) is 0 Å². The third kappa shape index (κ3) is 2.64. The fourth-order valence-electron chi connectivity index (χ4n) is 1.51. The Morgan fingerprint density at radius 3 is 2.35 bits per heavy atom. The second-order valence-corrected chi connectivity index (χ2v) is 3.77. The molecule has 0 amide bonds. The number of hydrogen-bond donors (Lipinski definition) is 0. The first-order valence-corrected chi connectivity index (χ1v) is 5.07. The van der Waals surface area contributed by atoms with Gasteiger partial charge in [0.15, 0.2) is 0 Å². The van der Waals surface area contributed by atoms with E-state index in [2.05, 4.69) is 4.98 Å². The van der Waals surface area contributed by atoms with E-state index < -0.39 is 11.7 Å². The van der Waals surface area contributed by atoms with Crippen LogP contribution in [-0.2, 0) is 6.18 Å². The molecule has 4 heteroatoms. The zero-order valence-corrected chi connectivity index (χ0v) is 9.12. The summed E-state index contributed by atoms with van der Waals surface area (Å²) in [4.78, 5) is 4.07. The van der Waals surface area contributed by atoms with Crippen molar-refractivity contribution in [2.24, 2.45) is 0 Å². The Labute approximate surface area is 96.9 Å². The van der Waals surface area contributed by atoms with Crippen molar-refractivity contribution in [3.8, 4) is 11.1 Å². The van der Waals surface area contributed by atoms with Crippen LogP contribution in [0.25, 0.3) is 11.1 Å². The van der Waals surface area contributed by atoms with Crippen molar-refractivity contribution in [1.29, 1.82) is 0 Å². The van der Waals surface area contributed by atoms with E-state index in [1.165, 1.54) is 6.07 Å². The number of hydrogen-bond acceptors (Lipinski definition) is 1. The van der Waals surface area contributed by atoms with Gasteiger partial charge in [0, 0.05) is 17.5 Å². The molecule has 1 aromatic carbocycles. The van der Waals surface area contributed by atoms with Crippen LogP contribution in [0.2, 0.25) is 0 Å². The van der Waals surface area contributed by atoms with Crippen molar-refractivity contribution in [2.75, 3.05) is 0 Å². The standard InChI is InChI=1S/C13H10F3N/c1-9-5-6-11(8-17-9)10-3-2-4-12(7-10)13(14,15)16/h2-8H,1H3. The summed E-state index contributed by atoms with van der Waals surface area (Å²) in [5.41, 5.74) is 1.39. The molecule has 2 aromatic rings. The van der Waals surface area contributed by atoms with Crippen LogP contribution in [0.3, 0.4) is 0 Å². The van der Waals surface area contributed by atoms with Crippen LogP contribution in [0.4, 0.5) is 13.2 Å². The average molecular weight is 237 g/mol. The van der Waals surface area contributed by atoms with E-state index >= 15 is 0 Å². The van der Waals surface area contributed by atoms with E-state index in [0.717, 1.165) is 17.8 Å². The van der Waals surface area contributed by atoms with Gasteiger partial charge in [0.1, 0.15) is 0 Å². The van der Waals surface area contributed by atoms with Gasteiger partial charge in [0.2, 0.25) is 0 Å². The number of benzene rings is 1. The molecule has 0 radical (unpaired) electrons. The predicted octanol–water partition coefficient (Wildman–Crippen LogP) is 4.08. The van der Waals surface area contributed by atoms with Gasteiger partial charge in [0.05, 0.1) is 5.56 Å². The zero-order chi connectivity index (χ0) is 12.5. The third-order valence-electron chi connectivity index (χ3n) is 2.43. The normalized spacial score (nSPS) is 11.5. The highest BCUT2D eigenvalue weighted by molar-refractivity contribution is 5.63. The first kappa shape index (κ1) is 11.6. The Morgan fingerprint density at radius 1 is 1.00 bits per heavy atom. The second kappa shape index (κ2) is 4.20. The SMILES string of the molecule is Cc1ccc(-c2cccc(C(F)(F)F)c2)cn1. The van der Waals surface area contributed by atoms with Crippen LogP contribution >= 0.6 is 0 Å². The molecule has 0 aliphatic carbocycles. The van der Waals surface area contributed by atoms with Crippen LogP contribution in [0.15, 0.2) is 42.6 Å². The highest BCUT2D eigenvalue weighted by Crippen LogP contribution is 2.31. The van der Waals surface area contributed by atoms with E-state index in [1.807, 2.05) is 6.92 Å². The summed E-state index contributed by atoms with van der Waals surface area (Å²) >= 11 is 0. The number of aromatic nitrogens is 1. The molecule has 1 aromatic heterocycles. The Bertz CT molecular complexity index is 515. The molecule has 0 fully saturated rings. The van der Waals surface area contributed by atoms with Crippen molar-refractivity contribution in [2.45, 2.75) is 13.1 Å². The molecule has 1 nitrogen and oxygen atoms in total. The molecule has 0 bridgehead atoms. The lowest BCUT2D eigenvalue weighted by atomic mass is 10.0. The molecule has 0 spiro atoms. The van der Waals surface area contributed by atoms with Crippen molar-refractivity contribution in [3.05, 3.63) is 53.9 Å². The highest BCUT2D eigenvalue weighted by Gasteiger charge is 2.30. The van der Waals surface area contributed by atoms with E-state index in [1.54, 1.807) is 24.4 Å². The molecule has 0 atom stereocenters. The lowest BCUT2D eigenvalue weighted by Crippen LogP contribution is -2.04. The summed E-state index contributed by atoms with van der Waals surface area (Å²) in [6.07, 6.45) is -2.74. The maximum atomic E-state index is 12.5. The van der Waals surface area contributed by atoms with E-state index in [4.69, 9.17) is 0 Å². The van der Waals surface area contributed by atoms with Crippen molar-refractivity contribution < 1.29 is 13.2 Å². The molecule has 0 saturated heterocycles. The van der Waals surface area contributed by atoms with Gasteiger partial charge < -0.3 is 0 Å². The van der Waals surface area contributed by atoms with Crippen molar-refractivity contribution in [1.82, 2.24) is 4.98 Å². The maximum absolute atomic E-state index is 12.5. The van der Waals surface area contributed by atoms with Crippen LogP contribution in [0, 0.1) is 6.92 Å². The molecule has 88 valence electrons. The van der Waals surface area contributed by atoms with Gasteiger partial charge in [-0.1, -0.05) is 18.2 Å². The highest BCUT2D eigenvalue weighted by atomic mass is 19.4. The van der Waals surface area contributed by atoms with Gasteiger partial charge in [-0.2, -0.15) is 13.2 Å². The first-order chi connectivity index (χ1) is 7.97. The summed E-state index contributed by atoms with van der Waals surface area (Å²) in [6.45, 7) is 1.83. The summed E-state index contributed by atoms with van der Waals surface area (Å²) in [5, 5.41) is 0. The first-order valence-electron chi connectivity index (χ1n) is 5.07. The fraction of sp³-hybridized carbons (Fsp3) is 0.154. The zero-order valence-electron chi connectivity index (χ0n) is 9.12. The maximum Gasteiger partial charge on any atom is 0.416 e. The smallest absolute Gasteiger partial charge is 0.261 e. The number of halogens is 3. The van der Waals surface area contributed by atoms with Crippen LogP contribution in [0.5, 0.6) is 0 Å². The van der Waals surface area contributed by atoms with Gasteiger partial charge in [-0.25, -0.2) is 0 Å². The largest absolute Gasteiger partial charge is 0.416 e. The number of alkyl halides is 3. The minimum Gasteiger partial charge on any atom is -0.261 e. The molecule has 0 unspecified atom stereocenters. The molecule has 17 heavy (non-hydrogen) atoms. The summed E-state index contributed by atoms with van der Waals surface area (Å²) in [6, 6.07) is 8.77. The van der Waals surface area contributed by atoms with Gasteiger partial charge >= 0.3 is 6.18 Å². The number of aryl methyl sites for hydroxylation is 1. The summed E-state index contributed by atoms with van der Waals surface area (Å²) in [7, 11) is 0. The van der Waals surface area contributed by atoms with Gasteiger partial charge in [-0.3, -0.25) is 4.98 Å². The van der Waals surface area contributed by atoms with Crippen molar-refractivity contribution >= 4 is 0 Å². The monoisotopic (exact) mass is 237 g/mol. The molecule has 1 heterocycles. The third-order valence-corrected chi connectivity index (χ3v) is 2.43. The number of nitrogens with zero attached hydrogens (tertiary/aromatic N) is 1. The molecule has 0 aliphatic heterocycles. The molecular weight excluding hydrogens is 227 g/mol. The molecule has 0 saturated carbocycles. The molecule has 0 aliphatic rings. The second-order valence-electron chi connectivity index (χ2n) is 3.77.